The van der Waals surface area contributed by atoms with E-state index in [1.807, 2.05) is 4.90 Å². The van der Waals surface area contributed by atoms with Crippen molar-refractivity contribution in [3.63, 3.8) is 0 Å². The van der Waals surface area contributed by atoms with E-state index >= 15 is 0 Å². The highest BCUT2D eigenvalue weighted by Crippen LogP contribution is 2.46. The van der Waals surface area contributed by atoms with E-state index in [1.165, 1.54) is 18.2 Å². The molecule has 0 saturated carbocycles. The molecule has 0 radical (unpaired) electrons. The number of nitrogens with two attached hydrogens (primary N) is 1. The Morgan fingerprint density at radius 1 is 1.06 bits per heavy atom. The number of ether oxygens (including phenoxy) is 1. The fraction of sp³-hybridized carbons (Fsp3) is 0.250. The lowest BCUT2D eigenvalue weighted by Crippen LogP contribution is -2.35. The smallest absolute Gasteiger partial charge is 0.418 e. The van der Waals surface area contributed by atoms with Gasteiger partial charge < -0.3 is 15.6 Å². The monoisotopic (exact) mass is 457 g/mol. The van der Waals surface area contributed by atoms with E-state index in [4.69, 9.17) is 10.5 Å². The summed E-state index contributed by atoms with van der Waals surface area (Å²) in [4.78, 5) is 18.4. The largest absolute Gasteiger partial charge is 0.493 e. The third-order valence-electron chi connectivity index (χ3n) is 5.54. The second kappa shape index (κ2) is 9.21. The molecule has 0 bridgehead atoms. The predicted octanol–water partition coefficient (Wildman–Crippen LogP) is 4.07. The number of hydrogen-bond donors (Lipinski definition) is 2. The van der Waals surface area contributed by atoms with Crippen LogP contribution in [0.25, 0.3) is 22.4 Å². The van der Waals surface area contributed by atoms with Crippen LogP contribution in [0.2, 0.25) is 0 Å². The molecule has 3 N–H and O–H groups in total. The fourth-order valence-electron chi connectivity index (χ4n) is 4.06. The Labute approximate surface area is 188 Å². The second-order valence-electron chi connectivity index (χ2n) is 7.68. The Morgan fingerprint density at radius 3 is 2.33 bits per heavy atom. The van der Waals surface area contributed by atoms with Crippen molar-refractivity contribution in [2.24, 2.45) is 5.73 Å². The Hall–Kier alpha value is -3.43. The lowest BCUT2D eigenvalue weighted by molar-refractivity contribution is -0.137. The van der Waals surface area contributed by atoms with Crippen LogP contribution in [0.1, 0.15) is 21.5 Å². The molecule has 4 rings (SSSR count). The van der Waals surface area contributed by atoms with Gasteiger partial charge in [0, 0.05) is 25.2 Å². The van der Waals surface area contributed by atoms with Crippen LogP contribution in [0.15, 0.2) is 54.6 Å². The van der Waals surface area contributed by atoms with E-state index in [-0.39, 0.29) is 16.8 Å². The van der Waals surface area contributed by atoms with E-state index in [0.717, 1.165) is 0 Å². The first-order valence-electron chi connectivity index (χ1n) is 10.3. The molecule has 0 spiro atoms. The van der Waals surface area contributed by atoms with Gasteiger partial charge in [-0.05, 0) is 11.1 Å². The minimum absolute atomic E-state index is 0.142. The van der Waals surface area contributed by atoms with Crippen molar-refractivity contribution in [3.05, 3.63) is 71.3 Å². The minimum atomic E-state index is -4.98. The molecule has 1 aromatic heterocycles. The van der Waals surface area contributed by atoms with Gasteiger partial charge in [-0.1, -0.05) is 54.6 Å². The molecular weight excluding hydrogens is 435 g/mol. The summed E-state index contributed by atoms with van der Waals surface area (Å²) in [6.07, 6.45) is -4.98. The van der Waals surface area contributed by atoms with Crippen LogP contribution in [-0.4, -0.2) is 47.2 Å². The summed E-state index contributed by atoms with van der Waals surface area (Å²) >= 11 is 0. The van der Waals surface area contributed by atoms with E-state index in [9.17, 15) is 23.1 Å². The maximum atomic E-state index is 14.4. The Morgan fingerprint density at radius 2 is 1.70 bits per heavy atom. The molecule has 1 saturated heterocycles. The van der Waals surface area contributed by atoms with Crippen molar-refractivity contribution in [2.45, 2.75) is 12.7 Å². The van der Waals surface area contributed by atoms with Crippen LogP contribution in [0.5, 0.6) is 5.88 Å². The molecule has 3 aromatic rings. The highest BCUT2D eigenvalue weighted by molar-refractivity contribution is 6.03. The molecule has 9 heteroatoms. The number of alkyl halides is 3. The molecule has 0 aliphatic carbocycles. The number of nitrogens with zero attached hydrogens (tertiary/aromatic N) is 2. The normalized spacial score (nSPS) is 14.9. The molecule has 2 heterocycles. The van der Waals surface area contributed by atoms with Crippen molar-refractivity contribution >= 4 is 5.91 Å². The number of aromatic nitrogens is 1. The van der Waals surface area contributed by atoms with Crippen molar-refractivity contribution < 1.29 is 27.8 Å². The lowest BCUT2D eigenvalue weighted by Gasteiger charge is -2.28. The summed E-state index contributed by atoms with van der Waals surface area (Å²) in [6.45, 7) is 2.66. The van der Waals surface area contributed by atoms with E-state index in [1.54, 1.807) is 36.4 Å². The fourth-order valence-corrected chi connectivity index (χ4v) is 4.06. The predicted molar refractivity (Wildman–Crippen MR) is 116 cm³/mol. The van der Waals surface area contributed by atoms with Crippen LogP contribution in [0.3, 0.4) is 0 Å². The maximum Gasteiger partial charge on any atom is 0.418 e. The summed E-state index contributed by atoms with van der Waals surface area (Å²) in [6, 6.07) is 14.3. The molecule has 1 aliphatic heterocycles. The topological polar surface area (TPSA) is 88.7 Å². The van der Waals surface area contributed by atoms with Gasteiger partial charge in [0.05, 0.1) is 35.6 Å². The summed E-state index contributed by atoms with van der Waals surface area (Å²) in [5.41, 5.74) is 3.45. The summed E-state index contributed by atoms with van der Waals surface area (Å²) < 4.78 is 48.7. The third-order valence-corrected chi connectivity index (χ3v) is 5.54. The van der Waals surface area contributed by atoms with Crippen molar-refractivity contribution in [1.29, 1.82) is 0 Å². The molecule has 172 valence electrons. The molecule has 2 aromatic carbocycles. The van der Waals surface area contributed by atoms with Gasteiger partial charge in [0.2, 0.25) is 5.88 Å². The molecule has 0 unspecified atom stereocenters. The van der Waals surface area contributed by atoms with Crippen molar-refractivity contribution in [2.75, 3.05) is 26.3 Å². The summed E-state index contributed by atoms with van der Waals surface area (Å²) in [5, 5.41) is 10.8. The van der Waals surface area contributed by atoms with Gasteiger partial charge in [0.25, 0.3) is 5.91 Å². The number of amides is 1. The number of hydrogen-bond acceptors (Lipinski definition) is 5. The van der Waals surface area contributed by atoms with Crippen LogP contribution >= 0.6 is 0 Å². The molecule has 1 aliphatic rings. The van der Waals surface area contributed by atoms with Gasteiger partial charge in [0.1, 0.15) is 0 Å². The van der Waals surface area contributed by atoms with Gasteiger partial charge in [-0.3, -0.25) is 9.69 Å². The average molecular weight is 457 g/mol. The maximum absolute atomic E-state index is 14.4. The Kier molecular flexibility index (Phi) is 6.35. The lowest BCUT2D eigenvalue weighted by atomic mass is 9.90. The van der Waals surface area contributed by atoms with Crippen molar-refractivity contribution in [1.82, 2.24) is 9.88 Å². The first kappa shape index (κ1) is 22.8. The van der Waals surface area contributed by atoms with Crippen molar-refractivity contribution in [3.8, 4) is 28.3 Å². The number of carbonyl (C=O) groups is 1. The molecular formula is C24H22F3N3O3. The van der Waals surface area contributed by atoms with Gasteiger partial charge in [-0.15, -0.1) is 0 Å². The zero-order chi connectivity index (χ0) is 23.6. The van der Waals surface area contributed by atoms with Gasteiger partial charge >= 0.3 is 6.18 Å². The first-order valence-corrected chi connectivity index (χ1v) is 10.3. The van der Waals surface area contributed by atoms with Gasteiger partial charge in [-0.2, -0.15) is 13.2 Å². The highest BCUT2D eigenvalue weighted by atomic mass is 19.4. The minimum Gasteiger partial charge on any atom is -0.493 e. The van der Waals surface area contributed by atoms with Gasteiger partial charge in [0.15, 0.2) is 0 Å². The SMILES string of the molecule is NC(=O)c1c(-c2ccccc2)nc(O)c(-c2ccccc2CN2CCOCC2)c1C(F)(F)F. The molecule has 33 heavy (non-hydrogen) atoms. The molecule has 1 fully saturated rings. The zero-order valence-electron chi connectivity index (χ0n) is 17.6. The second-order valence-corrected chi connectivity index (χ2v) is 7.68. The molecule has 6 nitrogen and oxygen atoms in total. The van der Waals surface area contributed by atoms with Crippen LogP contribution in [-0.2, 0) is 17.5 Å². The standard InChI is InChI=1S/C24H22F3N3O3/c25-24(26,27)20-18(17-9-5-4-8-16(17)14-30-10-12-33-13-11-30)23(32)29-21(19(20)22(28)31)15-6-2-1-3-7-15/h1-9H,10-14H2,(H2,28,31)(H,29,32). The van der Waals surface area contributed by atoms with E-state index < -0.39 is 34.7 Å². The zero-order valence-corrected chi connectivity index (χ0v) is 17.6. The van der Waals surface area contributed by atoms with Gasteiger partial charge in [-0.25, -0.2) is 4.98 Å². The highest BCUT2D eigenvalue weighted by Gasteiger charge is 2.42. The summed E-state index contributed by atoms with van der Waals surface area (Å²) in [7, 11) is 0. The Bertz CT molecular complexity index is 1160. The van der Waals surface area contributed by atoms with Crippen LogP contribution in [0, 0.1) is 0 Å². The third kappa shape index (κ3) is 4.69. The van der Waals surface area contributed by atoms with Crippen LogP contribution < -0.4 is 5.73 Å². The number of aromatic hydroxyl groups is 1. The number of carbonyl (C=O) groups excluding carboxylic acids is 1. The summed E-state index contributed by atoms with van der Waals surface area (Å²) in [5.74, 6) is -2.10. The number of morpholine rings is 1. The number of benzene rings is 2. The number of primary amides is 1. The number of pyridine rings is 1. The van der Waals surface area contributed by atoms with E-state index in [2.05, 4.69) is 4.98 Å². The number of rotatable bonds is 5. The van der Waals surface area contributed by atoms with Crippen LogP contribution in [0.4, 0.5) is 13.2 Å². The molecule has 0 atom stereocenters. The molecule has 1 amide bonds. The Balaban J connectivity index is 1.97. The number of halogens is 3. The average Bonchev–Trinajstić information content (AvgIpc) is 2.79. The van der Waals surface area contributed by atoms with E-state index in [0.29, 0.717) is 38.4 Å². The first-order chi connectivity index (χ1) is 15.8. The quantitative estimate of drug-likeness (QED) is 0.603.